The molecular formula is C30H34N4O5S. The van der Waals surface area contributed by atoms with Crippen molar-refractivity contribution in [1.29, 1.82) is 0 Å². The molecule has 0 spiro atoms. The van der Waals surface area contributed by atoms with Gasteiger partial charge in [0.1, 0.15) is 17.6 Å². The summed E-state index contributed by atoms with van der Waals surface area (Å²) >= 11 is 0. The molecule has 0 bridgehead atoms. The molecule has 10 heteroatoms. The minimum Gasteiger partial charge on any atom is -0.464 e. The molecule has 1 aliphatic heterocycles. The summed E-state index contributed by atoms with van der Waals surface area (Å²) in [5, 5.41) is 11.7. The maximum absolute atomic E-state index is 13.7. The molecule has 40 heavy (non-hydrogen) atoms. The molecule has 2 heterocycles. The first kappa shape index (κ1) is 27.7. The van der Waals surface area contributed by atoms with Crippen molar-refractivity contribution in [3.63, 3.8) is 0 Å². The number of benzene rings is 2. The Morgan fingerprint density at radius 3 is 2.50 bits per heavy atom. The van der Waals surface area contributed by atoms with E-state index in [0.717, 1.165) is 28.4 Å². The Balaban J connectivity index is 1.42. The van der Waals surface area contributed by atoms with Crippen molar-refractivity contribution in [2.45, 2.75) is 51.0 Å². The summed E-state index contributed by atoms with van der Waals surface area (Å²) in [6.45, 7) is 6.40. The van der Waals surface area contributed by atoms with Gasteiger partial charge in [0, 0.05) is 24.2 Å². The van der Waals surface area contributed by atoms with Gasteiger partial charge in [-0.05, 0) is 67.1 Å². The number of Topliss-reactive ketones (excluding diaryl/α,β-unsaturated/α-hetero) is 1. The van der Waals surface area contributed by atoms with Crippen molar-refractivity contribution in [2.75, 3.05) is 23.3 Å². The van der Waals surface area contributed by atoms with E-state index in [1.807, 2.05) is 48.2 Å². The third-order valence-corrected chi connectivity index (χ3v) is 8.27. The fourth-order valence-electron chi connectivity index (χ4n) is 5.53. The Morgan fingerprint density at radius 1 is 1.10 bits per heavy atom. The number of anilines is 2. The number of furan rings is 1. The maximum atomic E-state index is 13.7. The van der Waals surface area contributed by atoms with Gasteiger partial charge in [0.15, 0.2) is 5.78 Å². The summed E-state index contributed by atoms with van der Waals surface area (Å²) in [7, 11) is -3.76. The van der Waals surface area contributed by atoms with Crippen LogP contribution in [0.1, 0.15) is 49.8 Å². The third-order valence-electron chi connectivity index (χ3n) is 7.34. The van der Waals surface area contributed by atoms with Crippen LogP contribution in [0.5, 0.6) is 0 Å². The summed E-state index contributed by atoms with van der Waals surface area (Å²) in [4.78, 5) is 29.0. The zero-order valence-electron chi connectivity index (χ0n) is 22.9. The number of primary sulfonamides is 1. The number of fused-ring (bicyclic) bond motifs is 1. The molecule has 1 amide bonds. The molecule has 1 aliphatic carbocycles. The molecule has 210 valence electrons. The van der Waals surface area contributed by atoms with Crippen LogP contribution >= 0.6 is 0 Å². The lowest BCUT2D eigenvalue weighted by Gasteiger charge is -2.36. The molecular weight excluding hydrogens is 528 g/mol. The van der Waals surface area contributed by atoms with Crippen LogP contribution in [0.4, 0.5) is 11.4 Å². The largest absolute Gasteiger partial charge is 0.464 e. The van der Waals surface area contributed by atoms with E-state index in [0.29, 0.717) is 37.1 Å². The zero-order chi connectivity index (χ0) is 28.7. The SMILES string of the molecule is Cc1ccc(C2C3=C(CC(C)(C)CC3=O)Nc3ccccc3N2CC(=O)NCCc2ccc(S(N)(=O)=O)cc2)o1. The molecule has 1 atom stereocenters. The van der Waals surface area contributed by atoms with Gasteiger partial charge in [-0.25, -0.2) is 13.6 Å². The van der Waals surface area contributed by atoms with Gasteiger partial charge in [0.05, 0.1) is 22.8 Å². The number of nitrogens with one attached hydrogen (secondary N) is 2. The van der Waals surface area contributed by atoms with Gasteiger partial charge in [-0.15, -0.1) is 0 Å². The van der Waals surface area contributed by atoms with Crippen LogP contribution in [0.3, 0.4) is 0 Å². The number of carbonyl (C=O) groups is 2. The van der Waals surface area contributed by atoms with E-state index in [1.165, 1.54) is 12.1 Å². The lowest BCUT2D eigenvalue weighted by molar-refractivity contribution is -0.120. The topological polar surface area (TPSA) is 135 Å². The molecule has 5 rings (SSSR count). The predicted molar refractivity (Wildman–Crippen MR) is 153 cm³/mol. The second kappa shape index (κ2) is 10.6. The van der Waals surface area contributed by atoms with Gasteiger partial charge in [-0.1, -0.05) is 38.1 Å². The second-order valence-electron chi connectivity index (χ2n) is 11.2. The Morgan fingerprint density at radius 2 is 1.82 bits per heavy atom. The summed E-state index contributed by atoms with van der Waals surface area (Å²) in [5.74, 6) is 1.17. The van der Waals surface area contributed by atoms with Crippen LogP contribution in [0.15, 0.2) is 81.2 Å². The van der Waals surface area contributed by atoms with E-state index in [1.54, 1.807) is 12.1 Å². The predicted octanol–water partition coefficient (Wildman–Crippen LogP) is 4.21. The Hall–Kier alpha value is -3.89. The highest BCUT2D eigenvalue weighted by Crippen LogP contribution is 2.48. The lowest BCUT2D eigenvalue weighted by Crippen LogP contribution is -2.42. The average molecular weight is 563 g/mol. The number of rotatable bonds is 7. The third kappa shape index (κ3) is 5.83. The number of amides is 1. The molecule has 9 nitrogen and oxygen atoms in total. The normalized spacial score (nSPS) is 18.4. The zero-order valence-corrected chi connectivity index (χ0v) is 23.7. The standard InChI is InChI=1S/C30H34N4O5S/c1-19-8-13-26(39-19)29-28-23(16-30(2,3)17-25(28)35)33-22-6-4-5-7-24(22)34(29)18-27(36)32-15-14-20-9-11-21(12-10-20)40(31,37)38/h4-13,29,33H,14-18H2,1-3H3,(H,32,36)(H2,31,37,38). The molecule has 3 aromatic rings. The van der Waals surface area contributed by atoms with Crippen LogP contribution in [-0.4, -0.2) is 33.2 Å². The number of allylic oxidation sites excluding steroid dienone is 1. The Kier molecular flexibility index (Phi) is 7.32. The quantitative estimate of drug-likeness (QED) is 0.393. The van der Waals surface area contributed by atoms with Crippen molar-refractivity contribution >= 4 is 33.1 Å². The Labute approximate surface area is 234 Å². The van der Waals surface area contributed by atoms with E-state index < -0.39 is 16.1 Å². The number of hydrogen-bond acceptors (Lipinski definition) is 7. The van der Waals surface area contributed by atoms with E-state index in [-0.39, 0.29) is 28.5 Å². The van der Waals surface area contributed by atoms with Crippen LogP contribution < -0.4 is 20.7 Å². The maximum Gasteiger partial charge on any atom is 0.239 e. The van der Waals surface area contributed by atoms with Crippen molar-refractivity contribution in [3.05, 3.63) is 89.0 Å². The highest BCUT2D eigenvalue weighted by molar-refractivity contribution is 7.89. The molecule has 1 aromatic heterocycles. The summed E-state index contributed by atoms with van der Waals surface area (Å²) < 4.78 is 29.1. The second-order valence-corrected chi connectivity index (χ2v) is 12.8. The van der Waals surface area contributed by atoms with Crippen molar-refractivity contribution in [2.24, 2.45) is 10.6 Å². The minimum atomic E-state index is -3.76. The molecule has 0 radical (unpaired) electrons. The van der Waals surface area contributed by atoms with Gasteiger partial charge < -0.3 is 20.0 Å². The monoisotopic (exact) mass is 562 g/mol. The number of para-hydroxylation sites is 2. The van der Waals surface area contributed by atoms with E-state index in [2.05, 4.69) is 24.5 Å². The Bertz CT molecular complexity index is 1590. The van der Waals surface area contributed by atoms with E-state index in [4.69, 9.17) is 9.56 Å². The van der Waals surface area contributed by atoms with E-state index in [9.17, 15) is 18.0 Å². The van der Waals surface area contributed by atoms with Crippen molar-refractivity contribution in [1.82, 2.24) is 5.32 Å². The van der Waals surface area contributed by atoms with Gasteiger partial charge in [0.2, 0.25) is 15.9 Å². The first-order valence-corrected chi connectivity index (χ1v) is 14.8. The van der Waals surface area contributed by atoms with Gasteiger partial charge in [0.25, 0.3) is 0 Å². The molecule has 0 saturated heterocycles. The minimum absolute atomic E-state index is 0.000908. The van der Waals surface area contributed by atoms with Crippen LogP contribution in [0.25, 0.3) is 0 Å². The molecule has 0 saturated carbocycles. The number of hydrogen-bond donors (Lipinski definition) is 3. The molecule has 0 fully saturated rings. The lowest BCUT2D eigenvalue weighted by atomic mass is 9.74. The first-order chi connectivity index (χ1) is 18.9. The van der Waals surface area contributed by atoms with Crippen molar-refractivity contribution in [3.8, 4) is 0 Å². The van der Waals surface area contributed by atoms with Crippen LogP contribution in [-0.2, 0) is 26.0 Å². The number of carbonyl (C=O) groups excluding carboxylic acids is 2. The number of ketones is 1. The average Bonchev–Trinajstić information content (AvgIpc) is 3.25. The smallest absolute Gasteiger partial charge is 0.239 e. The van der Waals surface area contributed by atoms with Crippen molar-refractivity contribution < 1.29 is 22.4 Å². The van der Waals surface area contributed by atoms with Crippen LogP contribution in [0, 0.1) is 12.3 Å². The van der Waals surface area contributed by atoms with Gasteiger partial charge in [-0.2, -0.15) is 0 Å². The highest BCUT2D eigenvalue weighted by atomic mass is 32.2. The van der Waals surface area contributed by atoms with E-state index >= 15 is 0 Å². The van der Waals surface area contributed by atoms with Gasteiger partial charge in [-0.3, -0.25) is 9.59 Å². The molecule has 2 aromatic carbocycles. The number of nitrogens with zero attached hydrogens (tertiary/aromatic N) is 1. The molecule has 2 aliphatic rings. The molecule has 4 N–H and O–H groups in total. The first-order valence-electron chi connectivity index (χ1n) is 13.2. The number of nitrogens with two attached hydrogens (primary N) is 1. The molecule has 1 unspecified atom stereocenters. The van der Waals surface area contributed by atoms with Gasteiger partial charge >= 0.3 is 0 Å². The highest BCUT2D eigenvalue weighted by Gasteiger charge is 2.43. The summed E-state index contributed by atoms with van der Waals surface area (Å²) in [6, 6.07) is 17.2. The fourth-order valence-corrected chi connectivity index (χ4v) is 6.04. The summed E-state index contributed by atoms with van der Waals surface area (Å²) in [6.07, 6.45) is 1.62. The number of sulfonamides is 1. The summed E-state index contributed by atoms with van der Waals surface area (Å²) in [5.41, 5.74) is 3.79. The fraction of sp³-hybridized carbons (Fsp3) is 0.333. The number of aryl methyl sites for hydroxylation is 1. The van der Waals surface area contributed by atoms with Crippen LogP contribution in [0.2, 0.25) is 0 Å².